The maximum atomic E-state index is 8.57. The predicted octanol–water partition coefficient (Wildman–Crippen LogP) is -1.42. The zero-order chi connectivity index (χ0) is 2.71. The Morgan fingerprint density at radius 2 is 1.25 bits per heavy atom. The minimum atomic E-state index is -2.42. The number of hydrogen-bond donors (Lipinski definition) is 0. The molecule has 0 amide bonds. The summed E-state index contributed by atoms with van der Waals surface area (Å²) in [5.41, 5.74) is 0. The SMILES string of the molecule is [AlH3].[O]=[Hf]=[O]. The first-order valence-electron chi connectivity index (χ1n) is 0.408. The van der Waals surface area contributed by atoms with E-state index in [0.717, 1.165) is 0 Å². The van der Waals surface area contributed by atoms with Crippen molar-refractivity contribution in [3.63, 3.8) is 0 Å². The van der Waals surface area contributed by atoms with Gasteiger partial charge < -0.3 is 0 Å². The first-order chi connectivity index (χ1) is 1.41. The average Bonchev–Trinajstić information content (AvgIpc) is 0.918. The fourth-order valence-corrected chi connectivity index (χ4v) is 0. The predicted molar refractivity (Wildman–Crippen MR) is 11.3 cm³/mol. The van der Waals surface area contributed by atoms with Crippen molar-refractivity contribution in [1.29, 1.82) is 0 Å². The normalized spacial score (nSPS) is 2.00. The third-order valence-electron chi connectivity index (χ3n) is 0. The van der Waals surface area contributed by atoms with E-state index in [1.54, 1.807) is 0 Å². The van der Waals surface area contributed by atoms with Gasteiger partial charge in [-0.2, -0.15) is 0 Å². The Kier molecular flexibility index (Phi) is 20.0. The van der Waals surface area contributed by atoms with Gasteiger partial charge in [-0.1, -0.05) is 0 Å². The van der Waals surface area contributed by atoms with E-state index in [0.29, 0.717) is 0 Å². The summed E-state index contributed by atoms with van der Waals surface area (Å²) in [4.78, 5) is 0. The Balaban J connectivity index is 0. The van der Waals surface area contributed by atoms with Crippen LogP contribution in [0.25, 0.3) is 0 Å². The Labute approximate surface area is 45.9 Å². The molecule has 22 valence electrons. The molecule has 0 aliphatic carbocycles. The van der Waals surface area contributed by atoms with Gasteiger partial charge in [0.2, 0.25) is 0 Å². The molecule has 0 N–H and O–H groups in total. The second-order valence-electron chi connectivity index (χ2n) is 0.0833. The third-order valence-corrected chi connectivity index (χ3v) is 0. The molecule has 0 rings (SSSR count). The minimum absolute atomic E-state index is 0. The van der Waals surface area contributed by atoms with E-state index in [2.05, 4.69) is 0 Å². The molecule has 2 nitrogen and oxygen atoms in total. The molecule has 0 bridgehead atoms. The van der Waals surface area contributed by atoms with E-state index in [1.165, 1.54) is 0 Å². The summed E-state index contributed by atoms with van der Waals surface area (Å²) in [5, 5.41) is 0. The topological polar surface area (TPSA) is 34.1 Å². The van der Waals surface area contributed by atoms with Crippen LogP contribution in [0.2, 0.25) is 0 Å². The monoisotopic (exact) mass is 242 g/mol. The van der Waals surface area contributed by atoms with E-state index in [-0.39, 0.29) is 17.4 Å². The van der Waals surface area contributed by atoms with Gasteiger partial charge in [0.15, 0.2) is 17.4 Å². The zero-order valence-corrected chi connectivity index (χ0v) is 4.91. The molecule has 0 aromatic heterocycles. The first-order valence-corrected chi connectivity index (χ1v) is 3.34. The van der Waals surface area contributed by atoms with Crippen molar-refractivity contribution in [3.05, 3.63) is 0 Å². The molecule has 0 spiro atoms. The van der Waals surface area contributed by atoms with Gasteiger partial charge in [0.25, 0.3) is 0 Å². The van der Waals surface area contributed by atoms with E-state index < -0.39 is 22.9 Å². The van der Waals surface area contributed by atoms with Crippen LogP contribution in [0.3, 0.4) is 0 Å². The first kappa shape index (κ1) is 8.89. The van der Waals surface area contributed by atoms with Crippen LogP contribution in [0.4, 0.5) is 0 Å². The molecule has 0 aromatic rings. The van der Waals surface area contributed by atoms with Gasteiger partial charge >= 0.3 is 28.6 Å². The van der Waals surface area contributed by atoms with Gasteiger partial charge in [-0.25, -0.2) is 0 Å². The zero-order valence-electron chi connectivity index (χ0n) is 1.32. The van der Waals surface area contributed by atoms with E-state index in [1.807, 2.05) is 0 Å². The standard InChI is InChI=1S/Al.Hf.2O.3H. The van der Waals surface area contributed by atoms with Crippen molar-refractivity contribution < 1.29 is 28.6 Å². The fourth-order valence-electron chi connectivity index (χ4n) is 0. The Bertz CT molecular complexity index is 27.0. The average molecular weight is 240 g/mol. The summed E-state index contributed by atoms with van der Waals surface area (Å²) >= 11 is -2.42. The molecule has 0 radical (unpaired) electrons. The number of hydrogen-bond acceptors (Lipinski definition) is 2. The van der Waals surface area contributed by atoms with E-state index >= 15 is 0 Å². The van der Waals surface area contributed by atoms with Crippen molar-refractivity contribution >= 4 is 17.4 Å². The summed E-state index contributed by atoms with van der Waals surface area (Å²) in [6.07, 6.45) is 0. The van der Waals surface area contributed by atoms with Crippen molar-refractivity contribution in [2.75, 3.05) is 0 Å². The molecule has 0 unspecified atom stereocenters. The van der Waals surface area contributed by atoms with Gasteiger partial charge in [-0.05, 0) is 0 Å². The molecule has 0 atom stereocenters. The van der Waals surface area contributed by atoms with Crippen LogP contribution < -0.4 is 0 Å². The van der Waals surface area contributed by atoms with Gasteiger partial charge in [0.1, 0.15) is 0 Å². The molecule has 0 fully saturated rings. The Morgan fingerprint density at radius 3 is 1.25 bits per heavy atom. The van der Waals surface area contributed by atoms with Crippen molar-refractivity contribution in [3.8, 4) is 0 Å². The van der Waals surface area contributed by atoms with Gasteiger partial charge in [0, 0.05) is 0 Å². The summed E-state index contributed by atoms with van der Waals surface area (Å²) in [6, 6.07) is 0. The molecule has 0 aromatic carbocycles. The summed E-state index contributed by atoms with van der Waals surface area (Å²) in [7, 11) is 0. The van der Waals surface area contributed by atoms with Gasteiger partial charge in [-0.15, -0.1) is 0 Å². The van der Waals surface area contributed by atoms with Crippen LogP contribution in [0.5, 0.6) is 0 Å². The molecule has 0 heterocycles. The molecule has 0 saturated heterocycles. The molecule has 4 heavy (non-hydrogen) atoms. The second-order valence-corrected chi connectivity index (χ2v) is 0.682. The van der Waals surface area contributed by atoms with Gasteiger partial charge in [0.05, 0.1) is 0 Å². The summed E-state index contributed by atoms with van der Waals surface area (Å²) < 4.78 is 17.1. The van der Waals surface area contributed by atoms with Gasteiger partial charge in [-0.3, -0.25) is 0 Å². The van der Waals surface area contributed by atoms with Crippen molar-refractivity contribution in [2.24, 2.45) is 0 Å². The van der Waals surface area contributed by atoms with Crippen LogP contribution >= 0.6 is 0 Å². The maximum absolute atomic E-state index is 8.57. The third kappa shape index (κ3) is 12.0. The molecule has 0 saturated carbocycles. The fraction of sp³-hybridized carbons (Fsp3) is 0. The molecular weight excluding hydrogens is 237 g/mol. The molecular formula is H3AlHfO2. The van der Waals surface area contributed by atoms with Crippen LogP contribution in [-0.2, 0) is 28.6 Å². The van der Waals surface area contributed by atoms with Crippen molar-refractivity contribution in [2.45, 2.75) is 0 Å². The summed E-state index contributed by atoms with van der Waals surface area (Å²) in [5.74, 6) is 0. The van der Waals surface area contributed by atoms with Crippen molar-refractivity contribution in [1.82, 2.24) is 0 Å². The second kappa shape index (κ2) is 9.00. The van der Waals surface area contributed by atoms with Crippen LogP contribution in [0, 0.1) is 0 Å². The quantitative estimate of drug-likeness (QED) is 0.487. The van der Waals surface area contributed by atoms with E-state index in [4.69, 9.17) is 5.71 Å². The van der Waals surface area contributed by atoms with Crippen LogP contribution in [0.15, 0.2) is 0 Å². The number of rotatable bonds is 0. The molecule has 0 aliphatic rings. The Morgan fingerprint density at radius 1 is 1.25 bits per heavy atom. The summed E-state index contributed by atoms with van der Waals surface area (Å²) in [6.45, 7) is 0. The van der Waals surface area contributed by atoms with Crippen LogP contribution in [-0.4, -0.2) is 17.4 Å². The molecule has 4 heteroatoms. The Hall–Kier alpha value is 1.00. The van der Waals surface area contributed by atoms with Crippen LogP contribution in [0.1, 0.15) is 0 Å². The molecule has 0 aliphatic heterocycles. The van der Waals surface area contributed by atoms with E-state index in [9.17, 15) is 0 Å².